The van der Waals surface area contributed by atoms with Gasteiger partial charge in [-0.05, 0) is 24.8 Å². The van der Waals surface area contributed by atoms with Crippen LogP contribution < -0.4 is 5.32 Å². The van der Waals surface area contributed by atoms with Gasteiger partial charge in [-0.25, -0.2) is 0 Å². The Morgan fingerprint density at radius 2 is 2.07 bits per heavy atom. The zero-order chi connectivity index (χ0) is 19.5. The fraction of sp³-hybridized carbons (Fsp3) is 0.400. The summed E-state index contributed by atoms with van der Waals surface area (Å²) in [5.74, 6) is -0.191. The molecule has 1 aliphatic heterocycles. The van der Waals surface area contributed by atoms with Gasteiger partial charge in [-0.15, -0.1) is 0 Å². The number of nitrogens with zero attached hydrogens (tertiary/aromatic N) is 3. The van der Waals surface area contributed by atoms with Crippen LogP contribution in [0.5, 0.6) is 0 Å². The zero-order valence-electron chi connectivity index (χ0n) is 15.5. The van der Waals surface area contributed by atoms with Crippen molar-refractivity contribution in [3.63, 3.8) is 0 Å². The number of fused-ring (bicyclic) bond motifs is 1. The molecule has 4 rings (SSSR count). The number of carbonyl (C=O) groups is 3. The number of rotatable bonds is 6. The minimum absolute atomic E-state index is 0.0693. The molecule has 1 N–H and O–H groups in total. The molecule has 0 radical (unpaired) electrons. The van der Waals surface area contributed by atoms with Gasteiger partial charge in [0, 0.05) is 24.2 Å². The average molecular weight is 398 g/mol. The van der Waals surface area contributed by atoms with Crippen LogP contribution in [0.1, 0.15) is 42.1 Å². The van der Waals surface area contributed by atoms with Gasteiger partial charge in [0.05, 0.1) is 24.5 Å². The van der Waals surface area contributed by atoms with Crippen LogP contribution in [0.25, 0.3) is 0 Å². The molecule has 2 heterocycles. The van der Waals surface area contributed by atoms with Crippen molar-refractivity contribution in [2.75, 3.05) is 12.3 Å². The molecule has 0 saturated carbocycles. The number of aromatic nitrogens is 2. The predicted molar refractivity (Wildman–Crippen MR) is 106 cm³/mol. The average Bonchev–Trinajstić information content (AvgIpc) is 3.25. The van der Waals surface area contributed by atoms with Crippen molar-refractivity contribution in [1.82, 2.24) is 20.0 Å². The summed E-state index contributed by atoms with van der Waals surface area (Å²) in [5.41, 5.74) is 3.43. The zero-order valence-corrected chi connectivity index (χ0v) is 16.3. The summed E-state index contributed by atoms with van der Waals surface area (Å²) in [6, 6.07) is 10.1. The van der Waals surface area contributed by atoms with Crippen molar-refractivity contribution in [2.45, 2.75) is 38.3 Å². The van der Waals surface area contributed by atoms with Crippen LogP contribution >= 0.6 is 11.8 Å². The van der Waals surface area contributed by atoms with Crippen molar-refractivity contribution in [3.8, 4) is 0 Å². The van der Waals surface area contributed by atoms with E-state index in [0.29, 0.717) is 6.54 Å². The van der Waals surface area contributed by atoms with Gasteiger partial charge >= 0.3 is 0 Å². The standard InChI is InChI=1S/C20H22N4O3S/c25-18(9-10-23-19(26)13-28-20(23)27)22-16-7-4-8-17-15(16)11-21-24(17)12-14-5-2-1-3-6-14/h1-3,5-6,11,16H,4,7-10,12-13H2,(H,22,25)/t16-/m1/s1. The fourth-order valence-corrected chi connectivity index (χ4v) is 4.49. The summed E-state index contributed by atoms with van der Waals surface area (Å²) in [7, 11) is 0. The molecular formula is C20H22N4O3S. The van der Waals surface area contributed by atoms with Crippen LogP contribution in [-0.4, -0.2) is 44.0 Å². The molecule has 2 aromatic rings. The largest absolute Gasteiger partial charge is 0.349 e. The molecule has 1 saturated heterocycles. The number of hydrogen-bond donors (Lipinski definition) is 1. The van der Waals surface area contributed by atoms with E-state index in [1.165, 1.54) is 11.3 Å². The minimum Gasteiger partial charge on any atom is -0.349 e. The highest BCUT2D eigenvalue weighted by Gasteiger charge is 2.30. The van der Waals surface area contributed by atoms with Crippen molar-refractivity contribution in [1.29, 1.82) is 0 Å². The van der Waals surface area contributed by atoms with E-state index in [-0.39, 0.29) is 41.8 Å². The Morgan fingerprint density at radius 1 is 1.25 bits per heavy atom. The van der Waals surface area contributed by atoms with Crippen LogP contribution in [0, 0.1) is 0 Å². The summed E-state index contributed by atoms with van der Waals surface area (Å²) < 4.78 is 2.02. The molecule has 0 bridgehead atoms. The Labute approximate surface area is 167 Å². The van der Waals surface area contributed by atoms with Gasteiger partial charge in [0.25, 0.3) is 5.24 Å². The third-order valence-corrected chi connectivity index (χ3v) is 6.03. The maximum Gasteiger partial charge on any atom is 0.288 e. The van der Waals surface area contributed by atoms with Crippen molar-refractivity contribution < 1.29 is 14.4 Å². The topological polar surface area (TPSA) is 84.3 Å². The van der Waals surface area contributed by atoms with Crippen LogP contribution in [-0.2, 0) is 22.6 Å². The first kappa shape index (κ1) is 18.7. The molecule has 146 valence electrons. The van der Waals surface area contributed by atoms with E-state index in [1.54, 1.807) is 0 Å². The van der Waals surface area contributed by atoms with Gasteiger partial charge in [-0.2, -0.15) is 5.10 Å². The van der Waals surface area contributed by atoms with Gasteiger partial charge in [0.2, 0.25) is 11.8 Å². The molecular weight excluding hydrogens is 376 g/mol. The fourth-order valence-electron chi connectivity index (χ4n) is 3.74. The van der Waals surface area contributed by atoms with E-state index < -0.39 is 0 Å². The maximum atomic E-state index is 12.4. The van der Waals surface area contributed by atoms with E-state index in [4.69, 9.17) is 0 Å². The summed E-state index contributed by atoms with van der Waals surface area (Å²) in [6.07, 6.45) is 4.78. The van der Waals surface area contributed by atoms with Gasteiger partial charge in [-0.1, -0.05) is 42.1 Å². The summed E-state index contributed by atoms with van der Waals surface area (Å²) in [4.78, 5) is 36.8. The van der Waals surface area contributed by atoms with E-state index in [9.17, 15) is 14.4 Å². The van der Waals surface area contributed by atoms with Gasteiger partial charge in [-0.3, -0.25) is 24.0 Å². The van der Waals surface area contributed by atoms with Gasteiger partial charge in [0.15, 0.2) is 0 Å². The quantitative estimate of drug-likeness (QED) is 0.808. The lowest BCUT2D eigenvalue weighted by Crippen LogP contribution is -2.36. The first-order valence-electron chi connectivity index (χ1n) is 9.47. The molecule has 1 aliphatic carbocycles. The second kappa shape index (κ2) is 8.18. The number of carbonyl (C=O) groups excluding carboxylic acids is 3. The Balaban J connectivity index is 1.38. The van der Waals surface area contributed by atoms with E-state index in [2.05, 4.69) is 22.5 Å². The van der Waals surface area contributed by atoms with Crippen molar-refractivity contribution in [2.24, 2.45) is 0 Å². The number of benzene rings is 1. The lowest BCUT2D eigenvalue weighted by molar-refractivity contribution is -0.125. The van der Waals surface area contributed by atoms with Crippen LogP contribution in [0.4, 0.5) is 4.79 Å². The maximum absolute atomic E-state index is 12.4. The van der Waals surface area contributed by atoms with Crippen molar-refractivity contribution in [3.05, 3.63) is 53.3 Å². The van der Waals surface area contributed by atoms with Crippen LogP contribution in [0.2, 0.25) is 0 Å². The third-order valence-electron chi connectivity index (χ3n) is 5.18. The molecule has 2 aliphatic rings. The third kappa shape index (κ3) is 3.96. The second-order valence-corrected chi connectivity index (χ2v) is 7.98. The summed E-state index contributed by atoms with van der Waals surface area (Å²) >= 11 is 0.990. The smallest absolute Gasteiger partial charge is 0.288 e. The molecule has 3 amide bonds. The summed E-state index contributed by atoms with van der Waals surface area (Å²) in [5, 5.41) is 7.34. The summed E-state index contributed by atoms with van der Waals surface area (Å²) in [6.45, 7) is 0.858. The minimum atomic E-state index is -0.264. The van der Waals surface area contributed by atoms with Gasteiger partial charge < -0.3 is 5.32 Å². The second-order valence-electron chi connectivity index (χ2n) is 7.05. The Kier molecular flexibility index (Phi) is 5.47. The van der Waals surface area contributed by atoms with E-state index in [0.717, 1.165) is 41.5 Å². The lowest BCUT2D eigenvalue weighted by atomic mass is 9.92. The predicted octanol–water partition coefficient (Wildman–Crippen LogP) is 2.51. The Hall–Kier alpha value is -2.61. The van der Waals surface area contributed by atoms with Crippen molar-refractivity contribution >= 4 is 28.8 Å². The number of amides is 3. The molecule has 8 heteroatoms. The first-order chi connectivity index (χ1) is 13.6. The van der Waals surface area contributed by atoms with Gasteiger partial charge in [0.1, 0.15) is 0 Å². The highest BCUT2D eigenvalue weighted by atomic mass is 32.2. The monoisotopic (exact) mass is 398 g/mol. The highest BCUT2D eigenvalue weighted by Crippen LogP contribution is 2.30. The highest BCUT2D eigenvalue weighted by molar-refractivity contribution is 8.14. The van der Waals surface area contributed by atoms with E-state index >= 15 is 0 Å². The molecule has 0 unspecified atom stereocenters. The molecule has 1 aromatic carbocycles. The van der Waals surface area contributed by atoms with Crippen LogP contribution in [0.15, 0.2) is 36.5 Å². The van der Waals surface area contributed by atoms with E-state index in [1.807, 2.05) is 29.1 Å². The molecule has 1 aromatic heterocycles. The molecule has 1 atom stereocenters. The molecule has 1 fully saturated rings. The Morgan fingerprint density at radius 3 is 2.82 bits per heavy atom. The molecule has 28 heavy (non-hydrogen) atoms. The number of hydrogen-bond acceptors (Lipinski definition) is 5. The SMILES string of the molecule is O=C(CCN1C(=O)CSC1=O)N[C@@H]1CCCc2c1cnn2Cc1ccccc1. The lowest BCUT2D eigenvalue weighted by Gasteiger charge is -2.24. The number of thioether (sulfide) groups is 1. The Bertz CT molecular complexity index is 880. The first-order valence-corrected chi connectivity index (χ1v) is 10.5. The molecule has 0 spiro atoms. The molecule has 7 nitrogen and oxygen atoms in total. The number of nitrogens with one attached hydrogen (secondary N) is 1. The normalized spacial score (nSPS) is 19.0. The number of imide groups is 1. The van der Waals surface area contributed by atoms with Crippen LogP contribution in [0.3, 0.4) is 0 Å².